The van der Waals surface area contributed by atoms with Crippen molar-refractivity contribution in [2.24, 2.45) is 21.7 Å². The molecule has 134 valence electrons. The van der Waals surface area contributed by atoms with E-state index in [4.69, 9.17) is 11.0 Å². The maximum atomic E-state index is 11.4. The van der Waals surface area contributed by atoms with Gasteiger partial charge in [0.15, 0.2) is 6.19 Å². The van der Waals surface area contributed by atoms with E-state index in [1.165, 1.54) is 0 Å². The van der Waals surface area contributed by atoms with Crippen LogP contribution in [0.5, 0.6) is 0 Å². The van der Waals surface area contributed by atoms with Crippen molar-refractivity contribution >= 4 is 28.6 Å². The van der Waals surface area contributed by atoms with Gasteiger partial charge < -0.3 is 10.7 Å². The first-order chi connectivity index (χ1) is 12.6. The number of amides is 1. The number of benzene rings is 1. The van der Waals surface area contributed by atoms with Crippen LogP contribution in [0.1, 0.15) is 31.2 Å². The van der Waals surface area contributed by atoms with Crippen LogP contribution in [0.15, 0.2) is 28.3 Å². The minimum atomic E-state index is -0.0561. The van der Waals surface area contributed by atoms with Gasteiger partial charge in [0.25, 0.3) is 0 Å². The summed E-state index contributed by atoms with van der Waals surface area (Å²) in [6, 6.07) is 5.92. The van der Waals surface area contributed by atoms with Crippen LogP contribution in [0, 0.1) is 17.4 Å². The van der Waals surface area contributed by atoms with Gasteiger partial charge >= 0.3 is 0 Å². The van der Waals surface area contributed by atoms with Gasteiger partial charge in [0, 0.05) is 30.9 Å². The summed E-state index contributed by atoms with van der Waals surface area (Å²) in [5.41, 5.74) is 11.7. The molecule has 9 heteroatoms. The Balaban J connectivity index is 1.69. The Kier molecular flexibility index (Phi) is 5.12. The molecule has 0 spiro atoms. The van der Waals surface area contributed by atoms with Gasteiger partial charge in [-0.3, -0.25) is 15.1 Å². The number of nitrogens with one attached hydrogen (secondary N) is 3. The second kappa shape index (κ2) is 7.65. The lowest BCUT2D eigenvalue weighted by Gasteiger charge is -2.18. The van der Waals surface area contributed by atoms with E-state index in [1.54, 1.807) is 6.19 Å². The van der Waals surface area contributed by atoms with E-state index >= 15 is 0 Å². The van der Waals surface area contributed by atoms with Gasteiger partial charge in [-0.2, -0.15) is 10.4 Å². The number of rotatable bonds is 5. The number of aromatic amines is 1. The molecule has 0 radical (unpaired) electrons. The van der Waals surface area contributed by atoms with Crippen molar-refractivity contribution in [3.05, 3.63) is 29.6 Å². The Morgan fingerprint density at radius 2 is 2.38 bits per heavy atom. The third-order valence-electron chi connectivity index (χ3n) is 4.12. The molecule has 1 aliphatic rings. The van der Waals surface area contributed by atoms with Gasteiger partial charge in [0.2, 0.25) is 11.9 Å². The van der Waals surface area contributed by atoms with Crippen LogP contribution in [0.4, 0.5) is 0 Å². The number of aliphatic imine (C=N–C) groups is 1. The molecule has 2 aromatic rings. The van der Waals surface area contributed by atoms with Crippen molar-refractivity contribution in [3.63, 3.8) is 0 Å². The van der Waals surface area contributed by atoms with Crippen LogP contribution >= 0.6 is 0 Å². The fourth-order valence-electron chi connectivity index (χ4n) is 2.89. The SMILES string of the molecule is CC1CC(=O)NN=C1c1ccc2nc(CCCN=C(N)NC#N)[nH]c2c1. The summed E-state index contributed by atoms with van der Waals surface area (Å²) in [7, 11) is 0. The molecule has 1 unspecified atom stereocenters. The van der Waals surface area contributed by atoms with Crippen LogP contribution < -0.4 is 16.5 Å². The largest absolute Gasteiger partial charge is 0.369 e. The van der Waals surface area contributed by atoms with Crippen molar-refractivity contribution in [2.75, 3.05) is 6.54 Å². The molecule has 0 saturated heterocycles. The maximum Gasteiger partial charge on any atom is 0.240 e. The number of carbonyl (C=O) groups excluding carboxylic acids is 1. The summed E-state index contributed by atoms with van der Waals surface area (Å²) in [4.78, 5) is 23.3. The number of hydrogen-bond acceptors (Lipinski definition) is 5. The molecule has 1 aromatic carbocycles. The van der Waals surface area contributed by atoms with Crippen LogP contribution in [0.2, 0.25) is 0 Å². The molecular formula is C17H20N8O. The van der Waals surface area contributed by atoms with Crippen molar-refractivity contribution in [2.45, 2.75) is 26.2 Å². The quantitative estimate of drug-likeness (QED) is 0.206. The molecule has 1 aromatic heterocycles. The lowest BCUT2D eigenvalue weighted by Crippen LogP contribution is -2.31. The number of hydrazone groups is 1. The standard InChI is InChI=1S/C17H20N8O/c1-10-7-15(26)24-25-16(10)11-4-5-12-13(8-11)23-14(22-12)3-2-6-20-17(19)21-9-18/h4-5,8,10H,2-3,6-7H2,1H3,(H,22,23)(H,24,26)(H3,19,20,21). The third kappa shape index (κ3) is 3.97. The number of hydrogen-bond donors (Lipinski definition) is 4. The Labute approximate surface area is 150 Å². The second-order valence-electron chi connectivity index (χ2n) is 6.16. The summed E-state index contributed by atoms with van der Waals surface area (Å²) >= 11 is 0. The smallest absolute Gasteiger partial charge is 0.240 e. The highest BCUT2D eigenvalue weighted by Gasteiger charge is 2.21. The molecule has 1 aliphatic heterocycles. The van der Waals surface area contributed by atoms with Crippen molar-refractivity contribution in [1.29, 1.82) is 5.26 Å². The molecule has 3 rings (SSSR count). The fraction of sp³-hybridized carbons (Fsp3) is 0.353. The Morgan fingerprint density at radius 3 is 3.15 bits per heavy atom. The van der Waals surface area contributed by atoms with E-state index in [0.29, 0.717) is 13.0 Å². The summed E-state index contributed by atoms with van der Waals surface area (Å²) in [5.74, 6) is 1.01. The highest BCUT2D eigenvalue weighted by Crippen LogP contribution is 2.20. The molecule has 1 atom stereocenters. The summed E-state index contributed by atoms with van der Waals surface area (Å²) in [6.07, 6.45) is 3.65. The van der Waals surface area contributed by atoms with E-state index in [9.17, 15) is 4.79 Å². The highest BCUT2D eigenvalue weighted by molar-refractivity contribution is 6.07. The van der Waals surface area contributed by atoms with Crippen molar-refractivity contribution in [1.82, 2.24) is 20.7 Å². The molecule has 26 heavy (non-hydrogen) atoms. The average Bonchev–Trinajstić information content (AvgIpc) is 3.01. The molecule has 9 nitrogen and oxygen atoms in total. The Morgan fingerprint density at radius 1 is 1.54 bits per heavy atom. The van der Waals surface area contributed by atoms with Gasteiger partial charge in [-0.05, 0) is 18.6 Å². The molecule has 0 saturated carbocycles. The number of aromatic nitrogens is 2. The third-order valence-corrected chi connectivity index (χ3v) is 4.12. The first kappa shape index (κ1) is 17.4. The number of nitrogens with two attached hydrogens (primary N) is 1. The van der Waals surface area contributed by atoms with Crippen molar-refractivity contribution in [3.8, 4) is 6.19 Å². The number of imidazole rings is 1. The number of fused-ring (bicyclic) bond motifs is 1. The van der Waals surface area contributed by atoms with Gasteiger partial charge in [0.05, 0.1) is 16.7 Å². The zero-order chi connectivity index (χ0) is 18.5. The number of nitriles is 1. The normalized spacial score (nSPS) is 17.5. The van der Waals surface area contributed by atoms with Gasteiger partial charge in [-0.25, -0.2) is 10.4 Å². The molecule has 1 amide bonds. The van der Waals surface area contributed by atoms with Crippen LogP contribution in [-0.2, 0) is 11.2 Å². The molecular weight excluding hydrogens is 332 g/mol. The minimum Gasteiger partial charge on any atom is -0.369 e. The predicted octanol–water partition coefficient (Wildman–Crippen LogP) is 0.741. The van der Waals surface area contributed by atoms with E-state index in [1.807, 2.05) is 25.1 Å². The monoisotopic (exact) mass is 352 g/mol. The second-order valence-corrected chi connectivity index (χ2v) is 6.16. The van der Waals surface area contributed by atoms with E-state index < -0.39 is 0 Å². The molecule has 0 aliphatic carbocycles. The van der Waals surface area contributed by atoms with Gasteiger partial charge in [0.1, 0.15) is 5.82 Å². The lowest BCUT2D eigenvalue weighted by atomic mass is 9.94. The molecule has 2 heterocycles. The lowest BCUT2D eigenvalue weighted by molar-refractivity contribution is -0.121. The van der Waals surface area contributed by atoms with Crippen LogP contribution in [0.3, 0.4) is 0 Å². The maximum absolute atomic E-state index is 11.4. The summed E-state index contributed by atoms with van der Waals surface area (Å²) in [5, 5.41) is 14.9. The predicted molar refractivity (Wildman–Crippen MR) is 98.1 cm³/mol. The van der Waals surface area contributed by atoms with Gasteiger partial charge in [-0.1, -0.05) is 13.0 Å². The van der Waals surface area contributed by atoms with E-state index in [-0.39, 0.29) is 17.8 Å². The van der Waals surface area contributed by atoms with Gasteiger partial charge in [-0.15, -0.1) is 0 Å². The zero-order valence-electron chi connectivity index (χ0n) is 14.4. The summed E-state index contributed by atoms with van der Waals surface area (Å²) in [6.45, 7) is 2.50. The minimum absolute atomic E-state index is 0.0561. The first-order valence-electron chi connectivity index (χ1n) is 8.37. The van der Waals surface area contributed by atoms with E-state index in [2.05, 4.69) is 30.8 Å². The number of H-pyrrole nitrogens is 1. The fourth-order valence-corrected chi connectivity index (χ4v) is 2.89. The van der Waals surface area contributed by atoms with Crippen LogP contribution in [-0.4, -0.2) is 34.1 Å². The number of nitrogens with zero attached hydrogens (tertiary/aromatic N) is 4. The number of aryl methyl sites for hydroxylation is 1. The highest BCUT2D eigenvalue weighted by atomic mass is 16.2. The zero-order valence-corrected chi connectivity index (χ0v) is 14.4. The topological polar surface area (TPSA) is 144 Å². The molecule has 5 N–H and O–H groups in total. The first-order valence-corrected chi connectivity index (χ1v) is 8.37. The number of guanidine groups is 1. The van der Waals surface area contributed by atoms with Crippen LogP contribution in [0.25, 0.3) is 11.0 Å². The van der Waals surface area contributed by atoms with Crippen molar-refractivity contribution < 1.29 is 4.79 Å². The molecule has 0 fully saturated rings. The Bertz CT molecular complexity index is 920. The number of carbonyl (C=O) groups is 1. The summed E-state index contributed by atoms with van der Waals surface area (Å²) < 4.78 is 0. The Hall–Kier alpha value is -3.41. The van der Waals surface area contributed by atoms with E-state index in [0.717, 1.165) is 41.0 Å². The molecule has 0 bridgehead atoms. The average molecular weight is 352 g/mol.